The van der Waals surface area contributed by atoms with E-state index in [4.69, 9.17) is 11.6 Å². The maximum absolute atomic E-state index is 13.4. The summed E-state index contributed by atoms with van der Waals surface area (Å²) in [6.45, 7) is 0. The van der Waals surface area contributed by atoms with Gasteiger partial charge in [0.05, 0.1) is 21.5 Å². The monoisotopic (exact) mass is 530 g/mol. The Kier molecular flexibility index (Phi) is 5.60. The molecule has 0 saturated heterocycles. The molecule has 4 aromatic rings. The van der Waals surface area contributed by atoms with Gasteiger partial charge in [-0.15, -0.1) is 0 Å². The molecule has 0 atom stereocenters. The van der Waals surface area contributed by atoms with E-state index in [-0.39, 0.29) is 22.2 Å². The van der Waals surface area contributed by atoms with Crippen molar-refractivity contribution in [3.8, 4) is 5.69 Å². The number of halogens is 2. The number of nitrogens with zero attached hydrogens (tertiary/aromatic N) is 4. The number of nitro groups is 1. The lowest BCUT2D eigenvalue weighted by Gasteiger charge is -2.12. The molecule has 9 heteroatoms. The van der Waals surface area contributed by atoms with Crippen LogP contribution >= 0.6 is 34.2 Å². The third-order valence-electron chi connectivity index (χ3n) is 4.32. The number of hydrogen-bond donors (Lipinski definition) is 0. The van der Waals surface area contributed by atoms with Crippen LogP contribution in [0.25, 0.3) is 28.7 Å². The SMILES string of the molecule is O=c1c2cc(I)ccc2nc(C=Cc2ccccn2)n1-c1ccc(Cl)cc1[N+](=O)[O-]. The molecule has 2 heterocycles. The molecule has 0 aliphatic heterocycles. The van der Waals surface area contributed by atoms with Gasteiger partial charge in [0.2, 0.25) is 0 Å². The minimum absolute atomic E-state index is 0.0864. The van der Waals surface area contributed by atoms with Gasteiger partial charge in [-0.3, -0.25) is 24.5 Å². The molecule has 0 aliphatic carbocycles. The molecule has 148 valence electrons. The van der Waals surface area contributed by atoms with Gasteiger partial charge < -0.3 is 0 Å². The van der Waals surface area contributed by atoms with Gasteiger partial charge in [0.15, 0.2) is 0 Å². The second-order valence-corrected chi connectivity index (χ2v) is 7.93. The van der Waals surface area contributed by atoms with Gasteiger partial charge in [0, 0.05) is 20.9 Å². The summed E-state index contributed by atoms with van der Waals surface area (Å²) >= 11 is 8.06. The Morgan fingerprint density at radius 3 is 2.67 bits per heavy atom. The number of fused-ring (bicyclic) bond motifs is 1. The molecular weight excluding hydrogens is 519 g/mol. The van der Waals surface area contributed by atoms with Crippen LogP contribution in [0.3, 0.4) is 0 Å². The molecule has 30 heavy (non-hydrogen) atoms. The summed E-state index contributed by atoms with van der Waals surface area (Å²) in [5.74, 6) is 0.241. The van der Waals surface area contributed by atoms with E-state index in [1.807, 2.05) is 12.1 Å². The zero-order valence-corrected chi connectivity index (χ0v) is 18.1. The Labute approximate surface area is 189 Å². The van der Waals surface area contributed by atoms with Gasteiger partial charge in [-0.2, -0.15) is 0 Å². The second kappa shape index (κ2) is 8.33. The predicted molar refractivity (Wildman–Crippen MR) is 125 cm³/mol. The van der Waals surface area contributed by atoms with E-state index in [9.17, 15) is 14.9 Å². The van der Waals surface area contributed by atoms with Crippen molar-refractivity contribution in [1.29, 1.82) is 0 Å². The largest absolute Gasteiger partial charge is 0.294 e. The smallest absolute Gasteiger partial charge is 0.268 e. The number of pyridine rings is 1. The highest BCUT2D eigenvalue weighted by Crippen LogP contribution is 2.27. The normalized spacial score (nSPS) is 11.3. The van der Waals surface area contributed by atoms with Gasteiger partial charge in [0.25, 0.3) is 11.2 Å². The van der Waals surface area contributed by atoms with E-state index in [2.05, 4.69) is 32.6 Å². The molecule has 0 N–H and O–H groups in total. The fourth-order valence-electron chi connectivity index (χ4n) is 2.99. The van der Waals surface area contributed by atoms with E-state index in [1.165, 1.54) is 22.8 Å². The minimum Gasteiger partial charge on any atom is -0.268 e. The van der Waals surface area contributed by atoms with Gasteiger partial charge in [-0.05, 0) is 77.2 Å². The first-order chi connectivity index (χ1) is 14.4. The summed E-state index contributed by atoms with van der Waals surface area (Å²) < 4.78 is 2.08. The first-order valence-corrected chi connectivity index (χ1v) is 10.2. The van der Waals surface area contributed by atoms with Gasteiger partial charge in [-0.1, -0.05) is 17.7 Å². The van der Waals surface area contributed by atoms with E-state index in [0.717, 1.165) is 3.57 Å². The Balaban J connectivity index is 2.04. The number of hydrogen-bond acceptors (Lipinski definition) is 5. The topological polar surface area (TPSA) is 90.9 Å². The molecule has 4 rings (SSSR count). The molecule has 0 fully saturated rings. The van der Waals surface area contributed by atoms with Crippen LogP contribution in [0.15, 0.2) is 65.6 Å². The molecule has 2 aromatic heterocycles. The van der Waals surface area contributed by atoms with E-state index in [0.29, 0.717) is 16.6 Å². The molecule has 7 nitrogen and oxygen atoms in total. The van der Waals surface area contributed by atoms with Crippen molar-refractivity contribution >= 4 is 62.9 Å². The van der Waals surface area contributed by atoms with Crippen LogP contribution in [-0.4, -0.2) is 19.5 Å². The summed E-state index contributed by atoms with van der Waals surface area (Å²) in [4.78, 5) is 33.3. The van der Waals surface area contributed by atoms with Gasteiger partial charge >= 0.3 is 0 Å². The van der Waals surface area contributed by atoms with E-state index >= 15 is 0 Å². The lowest BCUT2D eigenvalue weighted by molar-refractivity contribution is -0.384. The highest BCUT2D eigenvalue weighted by atomic mass is 127. The molecule has 0 aliphatic rings. The van der Waals surface area contributed by atoms with E-state index in [1.54, 1.807) is 42.6 Å². The fourth-order valence-corrected chi connectivity index (χ4v) is 3.64. The number of aromatic nitrogens is 3. The predicted octanol–water partition coefficient (Wildman–Crippen LogP) is 5.12. The minimum atomic E-state index is -0.571. The van der Waals surface area contributed by atoms with Gasteiger partial charge in [0.1, 0.15) is 11.5 Å². The molecular formula is C21H12ClIN4O3. The lowest BCUT2D eigenvalue weighted by Crippen LogP contribution is -2.23. The van der Waals surface area contributed by atoms with E-state index < -0.39 is 10.5 Å². The average Bonchev–Trinajstić information content (AvgIpc) is 2.74. The third-order valence-corrected chi connectivity index (χ3v) is 5.23. The number of rotatable bonds is 4. The van der Waals surface area contributed by atoms with Crippen LogP contribution in [0.1, 0.15) is 11.5 Å². The van der Waals surface area contributed by atoms with Crippen LogP contribution in [0.5, 0.6) is 0 Å². The third kappa shape index (κ3) is 3.96. The zero-order chi connectivity index (χ0) is 21.3. The van der Waals surface area contributed by atoms with Crippen molar-refractivity contribution in [2.45, 2.75) is 0 Å². The highest BCUT2D eigenvalue weighted by molar-refractivity contribution is 14.1. The summed E-state index contributed by atoms with van der Waals surface area (Å²) in [5, 5.41) is 12.2. The molecule has 0 bridgehead atoms. The maximum atomic E-state index is 13.4. The average molecular weight is 531 g/mol. The Morgan fingerprint density at radius 1 is 1.10 bits per heavy atom. The molecule has 0 radical (unpaired) electrons. The molecule has 0 unspecified atom stereocenters. The van der Waals surface area contributed by atoms with Crippen LogP contribution in [0.2, 0.25) is 5.02 Å². The van der Waals surface area contributed by atoms with Crippen LogP contribution in [0, 0.1) is 13.7 Å². The lowest BCUT2D eigenvalue weighted by atomic mass is 10.2. The van der Waals surface area contributed by atoms with Crippen LogP contribution in [0.4, 0.5) is 5.69 Å². The Hall–Kier alpha value is -3.11. The standard InChI is InChI=1S/C21H12ClIN4O3/c22-13-4-8-18(19(11-13)27(29)30)26-20(9-6-15-3-1-2-10-24-15)25-17-7-5-14(23)12-16(17)21(26)28/h1-12H. The first-order valence-electron chi connectivity index (χ1n) is 8.70. The first kappa shape index (κ1) is 20.2. The van der Waals surface area contributed by atoms with Crippen LogP contribution < -0.4 is 5.56 Å². The van der Waals surface area contributed by atoms with Crippen molar-refractivity contribution in [2.24, 2.45) is 0 Å². The fraction of sp³-hybridized carbons (Fsp3) is 0. The van der Waals surface area contributed by atoms with Crippen molar-refractivity contribution in [2.75, 3.05) is 0 Å². The molecule has 2 aromatic carbocycles. The highest BCUT2D eigenvalue weighted by Gasteiger charge is 2.21. The van der Waals surface area contributed by atoms with Crippen molar-refractivity contribution in [3.63, 3.8) is 0 Å². The van der Waals surface area contributed by atoms with Gasteiger partial charge in [-0.25, -0.2) is 4.98 Å². The van der Waals surface area contributed by atoms with Crippen molar-refractivity contribution in [3.05, 3.63) is 101 Å². The molecule has 0 saturated carbocycles. The Bertz CT molecular complexity index is 1370. The van der Waals surface area contributed by atoms with Crippen molar-refractivity contribution < 1.29 is 4.92 Å². The summed E-state index contributed by atoms with van der Waals surface area (Å²) in [6, 6.07) is 14.9. The molecule has 0 spiro atoms. The number of benzene rings is 2. The summed E-state index contributed by atoms with van der Waals surface area (Å²) in [5.41, 5.74) is 0.539. The quantitative estimate of drug-likeness (QED) is 0.208. The van der Waals surface area contributed by atoms with Crippen LogP contribution in [-0.2, 0) is 0 Å². The Morgan fingerprint density at radius 2 is 1.93 bits per heavy atom. The zero-order valence-electron chi connectivity index (χ0n) is 15.2. The molecule has 0 amide bonds. The van der Waals surface area contributed by atoms with Crippen molar-refractivity contribution in [1.82, 2.24) is 14.5 Å². The second-order valence-electron chi connectivity index (χ2n) is 6.25. The summed E-state index contributed by atoms with van der Waals surface area (Å²) in [7, 11) is 0. The maximum Gasteiger partial charge on any atom is 0.294 e. The summed E-state index contributed by atoms with van der Waals surface area (Å²) in [6.07, 6.45) is 4.95. The number of nitro benzene ring substituents is 1.